The van der Waals surface area contributed by atoms with Crippen molar-refractivity contribution in [3.8, 4) is 0 Å². The van der Waals surface area contributed by atoms with Gasteiger partial charge in [0.2, 0.25) is 0 Å². The van der Waals surface area contributed by atoms with Crippen molar-refractivity contribution in [2.75, 3.05) is 13.1 Å². The van der Waals surface area contributed by atoms with E-state index in [-0.39, 0.29) is 5.91 Å². The molecule has 0 N–H and O–H groups in total. The Balaban J connectivity index is 1.41. The van der Waals surface area contributed by atoms with Gasteiger partial charge in [0.15, 0.2) is 0 Å². The number of likely N-dealkylation sites (tertiary alicyclic amines) is 1. The highest BCUT2D eigenvalue weighted by atomic mass is 16.2. The van der Waals surface area contributed by atoms with Crippen LogP contribution in [0.4, 0.5) is 0 Å². The molecule has 2 aromatic heterocycles. The van der Waals surface area contributed by atoms with Crippen molar-refractivity contribution >= 4 is 16.8 Å². The Morgan fingerprint density at radius 3 is 2.72 bits per heavy atom. The first-order valence-corrected chi connectivity index (χ1v) is 8.83. The number of fused-ring (bicyclic) bond motifs is 1. The summed E-state index contributed by atoms with van der Waals surface area (Å²) in [5.41, 5.74) is 1.42. The first-order chi connectivity index (χ1) is 12.2. The molecule has 0 spiro atoms. The molecule has 5 nitrogen and oxygen atoms in total. The normalized spacial score (nSPS) is 15.6. The monoisotopic (exact) mass is 334 g/mol. The van der Waals surface area contributed by atoms with Crippen molar-refractivity contribution in [2.45, 2.75) is 26.3 Å². The van der Waals surface area contributed by atoms with Crippen molar-refractivity contribution in [3.63, 3.8) is 0 Å². The molecule has 0 saturated carbocycles. The average Bonchev–Trinajstić information content (AvgIpc) is 3.06. The molecule has 0 radical (unpaired) electrons. The molecule has 1 fully saturated rings. The summed E-state index contributed by atoms with van der Waals surface area (Å²) >= 11 is 0. The Labute approximate surface area is 147 Å². The summed E-state index contributed by atoms with van der Waals surface area (Å²) in [6.45, 7) is 4.61. The number of pyridine rings is 1. The van der Waals surface area contributed by atoms with Gasteiger partial charge in [-0.15, -0.1) is 0 Å². The number of hydrogen-bond acceptors (Lipinski definition) is 3. The average molecular weight is 334 g/mol. The van der Waals surface area contributed by atoms with Gasteiger partial charge in [0.25, 0.3) is 5.91 Å². The summed E-state index contributed by atoms with van der Waals surface area (Å²) < 4.78 is 2.20. The van der Waals surface area contributed by atoms with Gasteiger partial charge in [-0.2, -0.15) is 0 Å². The predicted molar refractivity (Wildman–Crippen MR) is 97.3 cm³/mol. The van der Waals surface area contributed by atoms with Gasteiger partial charge in [0.05, 0.1) is 5.52 Å². The van der Waals surface area contributed by atoms with Crippen molar-refractivity contribution in [1.29, 1.82) is 0 Å². The van der Waals surface area contributed by atoms with E-state index in [1.165, 1.54) is 0 Å². The van der Waals surface area contributed by atoms with Crippen LogP contribution in [0, 0.1) is 12.8 Å². The number of amides is 1. The number of imidazole rings is 1. The lowest BCUT2D eigenvalue weighted by molar-refractivity contribution is 0.0677. The maximum Gasteiger partial charge on any atom is 0.272 e. The maximum atomic E-state index is 12.8. The number of carbonyl (C=O) groups excluding carboxylic acids is 1. The summed E-state index contributed by atoms with van der Waals surface area (Å²) in [4.78, 5) is 23.5. The molecule has 3 aromatic rings. The van der Waals surface area contributed by atoms with E-state index in [0.29, 0.717) is 11.6 Å². The molecule has 1 saturated heterocycles. The number of hydrogen-bond donors (Lipinski definition) is 0. The molecule has 5 heteroatoms. The summed E-state index contributed by atoms with van der Waals surface area (Å²) in [5, 5.41) is 1.06. The zero-order valence-electron chi connectivity index (χ0n) is 14.4. The van der Waals surface area contributed by atoms with Crippen molar-refractivity contribution in [2.24, 2.45) is 5.92 Å². The molecule has 0 bridgehead atoms. The number of nitrogens with zero attached hydrogens (tertiary/aromatic N) is 4. The van der Waals surface area contributed by atoms with Gasteiger partial charge in [-0.25, -0.2) is 9.97 Å². The molecular formula is C20H22N4O. The second-order valence-corrected chi connectivity index (χ2v) is 6.75. The van der Waals surface area contributed by atoms with E-state index in [4.69, 9.17) is 0 Å². The van der Waals surface area contributed by atoms with E-state index in [9.17, 15) is 4.79 Å². The number of piperidine rings is 1. The van der Waals surface area contributed by atoms with Crippen LogP contribution in [0.25, 0.3) is 10.9 Å². The lowest BCUT2D eigenvalue weighted by atomic mass is 9.96. The molecule has 4 rings (SSSR count). The van der Waals surface area contributed by atoms with E-state index in [0.717, 1.165) is 49.2 Å². The first-order valence-electron chi connectivity index (χ1n) is 8.83. The standard InChI is InChI=1S/C20H22N4O/c1-15-21-10-13-24(15)14-16-8-11-23(12-9-16)20(25)19-7-6-17-4-2-3-5-18(17)22-19/h2-7,10,13,16H,8-9,11-12,14H2,1H3. The van der Waals surface area contributed by atoms with Crippen LogP contribution in [0.5, 0.6) is 0 Å². The van der Waals surface area contributed by atoms with Crippen LogP contribution in [0.1, 0.15) is 29.2 Å². The fourth-order valence-electron chi connectivity index (χ4n) is 3.54. The topological polar surface area (TPSA) is 51.0 Å². The molecule has 1 aliphatic rings. The Morgan fingerprint density at radius 2 is 1.96 bits per heavy atom. The van der Waals surface area contributed by atoms with Crippen LogP contribution in [-0.2, 0) is 6.54 Å². The van der Waals surface area contributed by atoms with Crippen LogP contribution in [0.3, 0.4) is 0 Å². The van der Waals surface area contributed by atoms with Crippen molar-refractivity contribution in [3.05, 3.63) is 60.3 Å². The highest BCUT2D eigenvalue weighted by Crippen LogP contribution is 2.21. The van der Waals surface area contributed by atoms with Crippen molar-refractivity contribution in [1.82, 2.24) is 19.4 Å². The third kappa shape index (κ3) is 3.27. The van der Waals surface area contributed by atoms with E-state index < -0.39 is 0 Å². The molecule has 1 amide bonds. The summed E-state index contributed by atoms with van der Waals surface area (Å²) in [5.74, 6) is 1.70. The number of para-hydroxylation sites is 1. The summed E-state index contributed by atoms with van der Waals surface area (Å²) in [6.07, 6.45) is 5.93. The lowest BCUT2D eigenvalue weighted by Gasteiger charge is -2.32. The van der Waals surface area contributed by atoms with Gasteiger partial charge in [-0.05, 0) is 37.8 Å². The molecule has 3 heterocycles. The Morgan fingerprint density at radius 1 is 1.16 bits per heavy atom. The van der Waals surface area contributed by atoms with E-state index in [2.05, 4.69) is 14.5 Å². The van der Waals surface area contributed by atoms with Gasteiger partial charge in [0, 0.05) is 37.4 Å². The molecule has 128 valence electrons. The summed E-state index contributed by atoms with van der Waals surface area (Å²) in [7, 11) is 0. The Bertz CT molecular complexity index is 893. The zero-order chi connectivity index (χ0) is 17.2. The number of carbonyl (C=O) groups is 1. The largest absolute Gasteiger partial charge is 0.337 e. The lowest BCUT2D eigenvalue weighted by Crippen LogP contribution is -2.39. The van der Waals surface area contributed by atoms with Crippen LogP contribution in [0.15, 0.2) is 48.8 Å². The molecule has 1 aliphatic heterocycles. The van der Waals surface area contributed by atoms with Gasteiger partial charge in [-0.1, -0.05) is 24.3 Å². The van der Waals surface area contributed by atoms with Gasteiger partial charge in [0.1, 0.15) is 11.5 Å². The number of aromatic nitrogens is 3. The van der Waals surface area contributed by atoms with E-state index >= 15 is 0 Å². The summed E-state index contributed by atoms with van der Waals surface area (Å²) in [6, 6.07) is 11.7. The maximum absolute atomic E-state index is 12.8. The SMILES string of the molecule is Cc1nccn1CC1CCN(C(=O)c2ccc3ccccc3n2)CC1. The van der Waals surface area contributed by atoms with E-state index in [1.807, 2.05) is 60.6 Å². The minimum atomic E-state index is 0.0445. The molecule has 0 aliphatic carbocycles. The van der Waals surface area contributed by atoms with Gasteiger partial charge >= 0.3 is 0 Å². The highest BCUT2D eigenvalue weighted by molar-refractivity contribution is 5.94. The van der Waals surface area contributed by atoms with Crippen LogP contribution in [-0.4, -0.2) is 38.4 Å². The fraction of sp³-hybridized carbons (Fsp3) is 0.350. The predicted octanol–water partition coefficient (Wildman–Crippen LogP) is 3.29. The molecule has 25 heavy (non-hydrogen) atoms. The molecule has 1 aromatic carbocycles. The quantitative estimate of drug-likeness (QED) is 0.738. The number of rotatable bonds is 3. The minimum absolute atomic E-state index is 0.0445. The Kier molecular flexibility index (Phi) is 4.22. The van der Waals surface area contributed by atoms with Gasteiger partial charge < -0.3 is 9.47 Å². The highest BCUT2D eigenvalue weighted by Gasteiger charge is 2.24. The molecular weight excluding hydrogens is 312 g/mol. The fourth-order valence-corrected chi connectivity index (χ4v) is 3.54. The zero-order valence-corrected chi connectivity index (χ0v) is 14.4. The van der Waals surface area contributed by atoms with Gasteiger partial charge in [-0.3, -0.25) is 4.79 Å². The number of aryl methyl sites for hydroxylation is 1. The van der Waals surface area contributed by atoms with Crippen molar-refractivity contribution < 1.29 is 4.79 Å². The van der Waals surface area contributed by atoms with E-state index in [1.54, 1.807) is 0 Å². The van der Waals surface area contributed by atoms with Crippen LogP contribution in [0.2, 0.25) is 0 Å². The molecule has 0 unspecified atom stereocenters. The third-order valence-electron chi connectivity index (χ3n) is 5.10. The second kappa shape index (κ2) is 6.67. The first kappa shape index (κ1) is 15.8. The smallest absolute Gasteiger partial charge is 0.272 e. The van der Waals surface area contributed by atoms with Crippen LogP contribution >= 0.6 is 0 Å². The Hall–Kier alpha value is -2.69. The van der Waals surface area contributed by atoms with Crippen LogP contribution < -0.4 is 0 Å². The second-order valence-electron chi connectivity index (χ2n) is 6.75. The number of benzene rings is 1. The third-order valence-corrected chi connectivity index (χ3v) is 5.10. The molecule has 0 atom stereocenters. The minimum Gasteiger partial charge on any atom is -0.337 e.